The summed E-state index contributed by atoms with van der Waals surface area (Å²) in [6.45, 7) is 0. The highest BCUT2D eigenvalue weighted by Crippen LogP contribution is 2.22. The van der Waals surface area contributed by atoms with Crippen molar-refractivity contribution in [2.24, 2.45) is 0 Å². The van der Waals surface area contributed by atoms with Crippen molar-refractivity contribution >= 4 is 11.0 Å². The summed E-state index contributed by atoms with van der Waals surface area (Å²) in [6.07, 6.45) is 1.68. The molecule has 0 unspecified atom stereocenters. The minimum absolute atomic E-state index is 0.0341. The van der Waals surface area contributed by atoms with E-state index in [1.807, 2.05) is 24.3 Å². The highest BCUT2D eigenvalue weighted by Gasteiger charge is 2.06. The van der Waals surface area contributed by atoms with Crippen molar-refractivity contribution < 1.29 is 9.52 Å². The zero-order chi connectivity index (χ0) is 12.5. The van der Waals surface area contributed by atoms with Gasteiger partial charge >= 0.3 is 0 Å². The molecule has 2 N–H and O–H groups in total. The van der Waals surface area contributed by atoms with Gasteiger partial charge in [-0.05, 0) is 30.3 Å². The van der Waals surface area contributed by atoms with Gasteiger partial charge in [0.05, 0.1) is 11.3 Å². The summed E-state index contributed by atoms with van der Waals surface area (Å²) in [5.74, 6) is 0.122. The Kier molecular flexibility index (Phi) is 2.34. The van der Waals surface area contributed by atoms with Gasteiger partial charge in [0.2, 0.25) is 5.55 Å². The second-order valence-corrected chi connectivity index (χ2v) is 3.93. The van der Waals surface area contributed by atoms with E-state index in [1.54, 1.807) is 18.3 Å². The SMILES string of the molecule is N=c1oc2cc(O)ccc2cc1-c1ccccn1. The highest BCUT2D eigenvalue weighted by molar-refractivity contribution is 5.81. The molecule has 0 fully saturated rings. The molecule has 0 atom stereocenters. The summed E-state index contributed by atoms with van der Waals surface area (Å²) in [7, 11) is 0. The van der Waals surface area contributed by atoms with Gasteiger partial charge in [0.1, 0.15) is 11.3 Å². The quantitative estimate of drug-likeness (QED) is 0.684. The predicted molar refractivity (Wildman–Crippen MR) is 67.0 cm³/mol. The van der Waals surface area contributed by atoms with Crippen LogP contribution in [-0.4, -0.2) is 10.1 Å². The van der Waals surface area contributed by atoms with Crippen LogP contribution in [0.2, 0.25) is 0 Å². The van der Waals surface area contributed by atoms with Crippen molar-refractivity contribution in [1.29, 1.82) is 5.41 Å². The van der Waals surface area contributed by atoms with E-state index in [2.05, 4.69) is 4.98 Å². The fourth-order valence-electron chi connectivity index (χ4n) is 1.83. The lowest BCUT2D eigenvalue weighted by Gasteiger charge is -2.03. The molecular formula is C14H10N2O2. The highest BCUT2D eigenvalue weighted by atomic mass is 16.3. The predicted octanol–water partition coefficient (Wildman–Crippen LogP) is 2.68. The number of aromatic nitrogens is 1. The number of benzene rings is 1. The third-order valence-corrected chi connectivity index (χ3v) is 2.69. The number of fused-ring (bicyclic) bond motifs is 1. The minimum Gasteiger partial charge on any atom is -0.508 e. The Morgan fingerprint density at radius 2 is 2.00 bits per heavy atom. The third-order valence-electron chi connectivity index (χ3n) is 2.69. The van der Waals surface area contributed by atoms with Crippen LogP contribution >= 0.6 is 0 Å². The van der Waals surface area contributed by atoms with Gasteiger partial charge in [-0.25, -0.2) is 0 Å². The Bertz CT molecular complexity index is 764. The van der Waals surface area contributed by atoms with Crippen molar-refractivity contribution in [2.75, 3.05) is 0 Å². The fourth-order valence-corrected chi connectivity index (χ4v) is 1.83. The average Bonchev–Trinajstić information content (AvgIpc) is 2.39. The molecule has 0 radical (unpaired) electrons. The van der Waals surface area contributed by atoms with E-state index in [0.29, 0.717) is 16.8 Å². The maximum absolute atomic E-state index is 9.37. The first-order valence-corrected chi connectivity index (χ1v) is 5.47. The zero-order valence-corrected chi connectivity index (χ0v) is 9.42. The van der Waals surface area contributed by atoms with Crippen LogP contribution in [0.25, 0.3) is 22.2 Å². The smallest absolute Gasteiger partial charge is 0.221 e. The van der Waals surface area contributed by atoms with Crippen molar-refractivity contribution in [2.45, 2.75) is 0 Å². The summed E-state index contributed by atoms with van der Waals surface area (Å²) in [4.78, 5) is 4.20. The molecule has 0 aliphatic carbocycles. The Morgan fingerprint density at radius 1 is 1.11 bits per heavy atom. The number of hydrogen-bond acceptors (Lipinski definition) is 4. The minimum atomic E-state index is 0.0341. The van der Waals surface area contributed by atoms with Gasteiger partial charge in [0.25, 0.3) is 0 Å². The molecule has 0 bridgehead atoms. The number of pyridine rings is 1. The first-order valence-electron chi connectivity index (χ1n) is 5.47. The first kappa shape index (κ1) is 10.5. The van der Waals surface area contributed by atoms with Gasteiger partial charge in [-0.1, -0.05) is 6.07 Å². The number of hydrogen-bond donors (Lipinski definition) is 2. The molecule has 0 saturated carbocycles. The molecule has 4 nitrogen and oxygen atoms in total. The standard InChI is InChI=1S/C14H10N2O2/c15-14-11(12-3-1-2-6-16-12)7-9-4-5-10(17)8-13(9)18-14/h1-8,15,17H. The molecule has 0 saturated heterocycles. The summed E-state index contributed by atoms with van der Waals surface area (Å²) in [5.41, 5.74) is 1.85. The van der Waals surface area contributed by atoms with Crippen molar-refractivity contribution in [1.82, 2.24) is 4.98 Å². The van der Waals surface area contributed by atoms with Gasteiger partial charge in [0.15, 0.2) is 0 Å². The summed E-state index contributed by atoms with van der Waals surface area (Å²) < 4.78 is 5.39. The maximum Gasteiger partial charge on any atom is 0.221 e. The molecule has 1 aromatic carbocycles. The lowest BCUT2D eigenvalue weighted by atomic mass is 10.1. The molecule has 88 valence electrons. The van der Waals surface area contributed by atoms with E-state index in [1.165, 1.54) is 6.07 Å². The van der Waals surface area contributed by atoms with Gasteiger partial charge in [-0.2, -0.15) is 0 Å². The number of nitrogens with zero attached hydrogens (tertiary/aromatic N) is 1. The van der Waals surface area contributed by atoms with Crippen molar-refractivity contribution in [3.05, 3.63) is 54.2 Å². The number of aromatic hydroxyl groups is 1. The van der Waals surface area contributed by atoms with Crippen LogP contribution < -0.4 is 5.55 Å². The lowest BCUT2D eigenvalue weighted by Crippen LogP contribution is -2.03. The van der Waals surface area contributed by atoms with E-state index in [-0.39, 0.29) is 11.3 Å². The molecule has 3 aromatic rings. The van der Waals surface area contributed by atoms with Crippen molar-refractivity contribution in [3.63, 3.8) is 0 Å². The van der Waals surface area contributed by atoms with Crippen LogP contribution in [0, 0.1) is 5.41 Å². The zero-order valence-electron chi connectivity index (χ0n) is 9.42. The number of rotatable bonds is 1. The van der Waals surface area contributed by atoms with E-state index in [0.717, 1.165) is 5.39 Å². The molecule has 0 aliphatic rings. The van der Waals surface area contributed by atoms with Crippen LogP contribution in [0.5, 0.6) is 5.75 Å². The van der Waals surface area contributed by atoms with E-state index in [4.69, 9.17) is 9.83 Å². The second-order valence-electron chi connectivity index (χ2n) is 3.93. The first-order chi connectivity index (χ1) is 8.74. The molecule has 4 heteroatoms. The molecular weight excluding hydrogens is 228 g/mol. The van der Waals surface area contributed by atoms with E-state index < -0.39 is 0 Å². The fraction of sp³-hybridized carbons (Fsp3) is 0. The summed E-state index contributed by atoms with van der Waals surface area (Å²) in [6, 6.07) is 12.2. The maximum atomic E-state index is 9.37. The second kappa shape index (κ2) is 4.00. The van der Waals surface area contributed by atoms with Crippen LogP contribution in [0.3, 0.4) is 0 Å². The van der Waals surface area contributed by atoms with Crippen LogP contribution in [0.4, 0.5) is 0 Å². The molecule has 0 aliphatic heterocycles. The summed E-state index contributed by atoms with van der Waals surface area (Å²) in [5, 5.41) is 18.1. The Balaban J connectivity index is 2.29. The molecule has 2 heterocycles. The molecule has 2 aromatic heterocycles. The monoisotopic (exact) mass is 238 g/mol. The molecule has 0 amide bonds. The molecule has 18 heavy (non-hydrogen) atoms. The van der Waals surface area contributed by atoms with Crippen LogP contribution in [-0.2, 0) is 0 Å². The number of phenolic OH excluding ortho intramolecular Hbond substituents is 1. The van der Waals surface area contributed by atoms with Gasteiger partial charge in [0, 0.05) is 17.6 Å². The normalized spacial score (nSPS) is 10.7. The largest absolute Gasteiger partial charge is 0.508 e. The number of nitrogens with one attached hydrogen (secondary N) is 1. The average molecular weight is 238 g/mol. The van der Waals surface area contributed by atoms with E-state index >= 15 is 0 Å². The van der Waals surface area contributed by atoms with Crippen LogP contribution in [0.15, 0.2) is 53.1 Å². The van der Waals surface area contributed by atoms with Gasteiger partial charge < -0.3 is 9.52 Å². The van der Waals surface area contributed by atoms with Gasteiger partial charge in [-0.3, -0.25) is 10.4 Å². The van der Waals surface area contributed by atoms with Crippen molar-refractivity contribution in [3.8, 4) is 17.0 Å². The number of phenols is 1. The van der Waals surface area contributed by atoms with Gasteiger partial charge in [-0.15, -0.1) is 0 Å². The summed E-state index contributed by atoms with van der Waals surface area (Å²) >= 11 is 0. The third kappa shape index (κ3) is 1.73. The topological polar surface area (TPSA) is 70.1 Å². The van der Waals surface area contributed by atoms with Crippen LogP contribution in [0.1, 0.15) is 0 Å². The lowest BCUT2D eigenvalue weighted by molar-refractivity contribution is 0.472. The van der Waals surface area contributed by atoms with E-state index in [9.17, 15) is 5.11 Å². The molecule has 3 rings (SSSR count). The Labute approximate surface area is 103 Å². The molecule has 0 spiro atoms. The Morgan fingerprint density at radius 3 is 2.78 bits per heavy atom. The Hall–Kier alpha value is -2.62.